The summed E-state index contributed by atoms with van der Waals surface area (Å²) < 4.78 is 3.95. The molecule has 0 unspecified atom stereocenters. The van der Waals surface area contributed by atoms with Crippen molar-refractivity contribution in [2.24, 2.45) is 0 Å². The van der Waals surface area contributed by atoms with Gasteiger partial charge in [-0.25, -0.2) is 0 Å². The topological polar surface area (TPSA) is 46.2 Å². The van der Waals surface area contributed by atoms with E-state index in [-0.39, 0.29) is 6.61 Å². The summed E-state index contributed by atoms with van der Waals surface area (Å²) >= 11 is 2.83. The van der Waals surface area contributed by atoms with E-state index in [2.05, 4.69) is 10.5 Å². The van der Waals surface area contributed by atoms with Gasteiger partial charge in [-0.1, -0.05) is 0 Å². The summed E-state index contributed by atoms with van der Waals surface area (Å²) in [5.41, 5.74) is 7.83. The summed E-state index contributed by atoms with van der Waals surface area (Å²) in [6.45, 7) is 0.231. The van der Waals surface area contributed by atoms with Crippen molar-refractivity contribution in [1.82, 2.24) is 0 Å². The molecule has 1 rings (SSSR count). The van der Waals surface area contributed by atoms with E-state index in [1.54, 1.807) is 4.40 Å². The third-order valence-corrected chi connectivity index (χ3v) is 2.57. The van der Waals surface area contributed by atoms with Gasteiger partial charge in [0.1, 0.15) is 0 Å². The molecule has 0 saturated heterocycles. The predicted molar refractivity (Wildman–Crippen MR) is 53.8 cm³/mol. The summed E-state index contributed by atoms with van der Waals surface area (Å²) in [6, 6.07) is 7.98. The molecule has 0 spiro atoms. The summed E-state index contributed by atoms with van der Waals surface area (Å²) in [5.74, 6) is 0. The molecule has 0 aliphatic carbocycles. The van der Waals surface area contributed by atoms with E-state index in [0.29, 0.717) is 0 Å². The Hall–Kier alpha value is 0.0966. The molecule has 76 valence electrons. The molecule has 0 atom stereocenters. The van der Waals surface area contributed by atoms with E-state index in [0.717, 1.165) is 12.1 Å². The van der Waals surface area contributed by atoms with Gasteiger partial charge in [0, 0.05) is 0 Å². The van der Waals surface area contributed by atoms with Gasteiger partial charge in [0.25, 0.3) is 0 Å². The molecular formula is C10H13NOW2. The molecule has 2 nitrogen and oxygen atoms in total. The van der Waals surface area contributed by atoms with E-state index in [4.69, 9.17) is 10.8 Å². The van der Waals surface area contributed by atoms with Crippen molar-refractivity contribution >= 4 is 14.5 Å². The van der Waals surface area contributed by atoms with Crippen molar-refractivity contribution in [2.45, 2.75) is 6.42 Å². The fourth-order valence-electron chi connectivity index (χ4n) is 0.810. The minimum absolute atomic E-state index is 0.231. The van der Waals surface area contributed by atoms with Crippen LogP contribution >= 0.6 is 0 Å². The van der Waals surface area contributed by atoms with Gasteiger partial charge in [-0.2, -0.15) is 0 Å². The van der Waals surface area contributed by atoms with E-state index in [1.807, 2.05) is 18.2 Å². The molecule has 3 N–H and O–H groups in total. The second-order valence-corrected chi connectivity index (χ2v) is 4.81. The number of aliphatic hydroxyl groups excluding tert-OH is 1. The molecule has 0 amide bonds. The van der Waals surface area contributed by atoms with Crippen LogP contribution in [-0.4, -0.2) is 20.5 Å². The number of hydrogen-bond donors (Lipinski definition) is 2. The van der Waals surface area contributed by atoms with Crippen LogP contribution in [0.1, 0.15) is 5.56 Å². The quantitative estimate of drug-likeness (QED) is 0.559. The molecule has 0 heterocycles. The first-order valence-corrected chi connectivity index (χ1v) is 7.46. The predicted octanol–water partition coefficient (Wildman–Crippen LogP) is 0.488. The number of benzene rings is 1. The SMILES string of the molecule is Nc1ccccc1C[CH]=[W].OC[CH]=[W]. The first-order chi connectivity index (χ1) is 6.76. The minimum atomic E-state index is 0.231. The van der Waals surface area contributed by atoms with Crippen LogP contribution in [0.3, 0.4) is 0 Å². The van der Waals surface area contributed by atoms with Gasteiger partial charge in [-0.05, 0) is 0 Å². The molecule has 1 aromatic rings. The Morgan fingerprint density at radius 1 is 1.21 bits per heavy atom. The average Bonchev–Trinajstić information content (AvgIpc) is 2.22. The van der Waals surface area contributed by atoms with Crippen LogP contribution in [-0.2, 0) is 45.1 Å². The Bertz CT molecular complexity index is 289. The molecule has 1 aromatic carbocycles. The first-order valence-electron chi connectivity index (χ1n) is 4.07. The van der Waals surface area contributed by atoms with Crippen molar-refractivity contribution in [2.75, 3.05) is 12.3 Å². The molecule has 0 aliphatic rings. The van der Waals surface area contributed by atoms with Crippen LogP contribution < -0.4 is 5.73 Å². The van der Waals surface area contributed by atoms with Crippen molar-refractivity contribution in [3.63, 3.8) is 0 Å². The molecular weight excluding hydrogens is 518 g/mol. The fraction of sp³-hybridized carbons (Fsp3) is 0.200. The Labute approximate surface area is 106 Å². The summed E-state index contributed by atoms with van der Waals surface area (Å²) in [6.07, 6.45) is 1.00. The van der Waals surface area contributed by atoms with Gasteiger partial charge in [0.05, 0.1) is 0 Å². The second kappa shape index (κ2) is 9.64. The van der Waals surface area contributed by atoms with Crippen molar-refractivity contribution in [3.05, 3.63) is 29.8 Å². The molecule has 0 aliphatic heterocycles. The Balaban J connectivity index is 0.000000364. The zero-order valence-corrected chi connectivity index (χ0v) is 13.6. The standard InChI is InChI=1S/C8H9N.C2H4O.2W/c1-2-7-5-3-4-6-8(7)9;1-2-3;;/h1,3-6H,2,9H2;1,3H,2H2;;. The monoisotopic (exact) mass is 531 g/mol. The molecule has 4 heteroatoms. The molecule has 0 bridgehead atoms. The molecule has 0 fully saturated rings. The molecule has 0 saturated carbocycles. The number of para-hydroxylation sites is 1. The van der Waals surface area contributed by atoms with Crippen LogP contribution in [0.15, 0.2) is 24.3 Å². The van der Waals surface area contributed by atoms with Crippen LogP contribution in [0.2, 0.25) is 0 Å². The Morgan fingerprint density at radius 3 is 2.21 bits per heavy atom. The van der Waals surface area contributed by atoms with Crippen molar-refractivity contribution in [1.29, 1.82) is 0 Å². The van der Waals surface area contributed by atoms with E-state index in [1.165, 1.54) is 44.3 Å². The third-order valence-electron chi connectivity index (χ3n) is 1.43. The summed E-state index contributed by atoms with van der Waals surface area (Å²) in [4.78, 5) is 0. The van der Waals surface area contributed by atoms with E-state index in [9.17, 15) is 0 Å². The summed E-state index contributed by atoms with van der Waals surface area (Å²) in [5, 5.41) is 7.84. The third kappa shape index (κ3) is 6.54. The van der Waals surface area contributed by atoms with Gasteiger partial charge in [-0.15, -0.1) is 0 Å². The van der Waals surface area contributed by atoms with Gasteiger partial charge in [0.15, 0.2) is 0 Å². The number of nitrogen functional groups attached to an aromatic ring is 1. The zero-order valence-electron chi connectivity index (χ0n) is 7.72. The maximum atomic E-state index is 7.84. The molecule has 14 heavy (non-hydrogen) atoms. The average molecular weight is 531 g/mol. The number of rotatable bonds is 3. The van der Waals surface area contributed by atoms with Gasteiger partial charge < -0.3 is 0 Å². The maximum absolute atomic E-state index is 7.84. The van der Waals surface area contributed by atoms with Gasteiger partial charge >= 0.3 is 107 Å². The van der Waals surface area contributed by atoms with Crippen LogP contribution in [0.25, 0.3) is 0 Å². The number of aliphatic hydroxyl groups is 1. The zero-order chi connectivity index (χ0) is 10.8. The number of nitrogens with two attached hydrogens (primary N) is 1. The van der Waals surface area contributed by atoms with Gasteiger partial charge in [0.2, 0.25) is 0 Å². The summed E-state index contributed by atoms with van der Waals surface area (Å²) in [7, 11) is 0. The molecule has 0 aromatic heterocycles. The number of hydrogen-bond acceptors (Lipinski definition) is 2. The van der Waals surface area contributed by atoms with Crippen LogP contribution in [0, 0.1) is 0 Å². The van der Waals surface area contributed by atoms with Crippen molar-refractivity contribution in [3.8, 4) is 0 Å². The van der Waals surface area contributed by atoms with Crippen molar-refractivity contribution < 1.29 is 43.8 Å². The van der Waals surface area contributed by atoms with Gasteiger partial charge in [-0.3, -0.25) is 0 Å². The van der Waals surface area contributed by atoms with E-state index < -0.39 is 0 Å². The van der Waals surface area contributed by atoms with E-state index >= 15 is 0 Å². The Morgan fingerprint density at radius 2 is 1.79 bits per heavy atom. The first kappa shape index (κ1) is 14.1. The van der Waals surface area contributed by atoms with Crippen LogP contribution in [0.5, 0.6) is 0 Å². The normalized spacial score (nSPS) is 8.36. The molecule has 0 radical (unpaired) electrons. The number of anilines is 1. The Kier molecular flexibility index (Phi) is 9.71. The van der Waals surface area contributed by atoms with Crippen LogP contribution in [0.4, 0.5) is 5.69 Å². The second-order valence-electron chi connectivity index (χ2n) is 2.42. The fourth-order valence-corrected chi connectivity index (χ4v) is 1.45.